The predicted octanol–water partition coefficient (Wildman–Crippen LogP) is 1.47. The number of carbonyl (C=O) groups is 2. The Balaban J connectivity index is 1.82. The Hall–Kier alpha value is -2.32. The molecule has 1 unspecified atom stereocenters. The molecule has 1 atom stereocenters. The topological polar surface area (TPSA) is 74.3 Å². The van der Waals surface area contributed by atoms with Crippen molar-refractivity contribution in [1.82, 2.24) is 20.5 Å². The summed E-state index contributed by atoms with van der Waals surface area (Å²) in [5.41, 5.74) is 1.24. The van der Waals surface area contributed by atoms with E-state index < -0.39 is 18.8 Å². The summed E-state index contributed by atoms with van der Waals surface area (Å²) in [6.07, 6.45) is -2.48. The Morgan fingerprint density at radius 3 is 2.74 bits per heavy atom. The number of amides is 3. The van der Waals surface area contributed by atoms with E-state index in [4.69, 9.17) is 0 Å². The number of alkyl halides is 3. The van der Waals surface area contributed by atoms with E-state index in [0.29, 0.717) is 18.5 Å². The zero-order chi connectivity index (χ0) is 17.0. The number of rotatable bonds is 3. The number of halogens is 3. The van der Waals surface area contributed by atoms with E-state index in [2.05, 4.69) is 10.3 Å². The minimum absolute atomic E-state index is 0.211. The molecule has 1 aliphatic heterocycles. The third kappa shape index (κ3) is 5.11. The summed E-state index contributed by atoms with van der Waals surface area (Å²) in [5.74, 6) is -0.211. The van der Waals surface area contributed by atoms with Crippen LogP contribution in [-0.4, -0.2) is 53.7 Å². The molecule has 1 aromatic rings. The molecule has 6 nitrogen and oxygen atoms in total. The van der Waals surface area contributed by atoms with Gasteiger partial charge >= 0.3 is 12.2 Å². The molecule has 1 fully saturated rings. The van der Waals surface area contributed by atoms with Gasteiger partial charge < -0.3 is 15.5 Å². The fraction of sp³-hybridized carbons (Fsp3) is 0.500. The molecule has 1 saturated heterocycles. The van der Waals surface area contributed by atoms with E-state index >= 15 is 0 Å². The predicted molar refractivity (Wildman–Crippen MR) is 75.9 cm³/mol. The molecule has 2 rings (SSSR count). The maximum Gasteiger partial charge on any atom is 0.405 e. The van der Waals surface area contributed by atoms with E-state index in [-0.39, 0.29) is 18.5 Å². The Morgan fingerprint density at radius 2 is 2.13 bits per heavy atom. The lowest BCUT2D eigenvalue weighted by atomic mass is 10.2. The maximum absolute atomic E-state index is 12.3. The number of hydrogen-bond acceptors (Lipinski definition) is 3. The first kappa shape index (κ1) is 17.0. The van der Waals surface area contributed by atoms with Crippen LogP contribution in [0.25, 0.3) is 0 Å². The molecule has 2 heterocycles. The standard InChI is InChI=1S/C14H17F3N4O2/c1-9-2-3-10(6-18-9)12(22)21-5-4-11(7-21)20-13(23)19-8-14(15,16)17/h2-3,6,11H,4-5,7-8H2,1H3,(H2,19,20,23). The Labute approximate surface area is 131 Å². The molecule has 0 aliphatic carbocycles. The van der Waals surface area contributed by atoms with Gasteiger partial charge in [0.1, 0.15) is 6.54 Å². The van der Waals surface area contributed by atoms with Gasteiger partial charge in [0.2, 0.25) is 0 Å². The van der Waals surface area contributed by atoms with Gasteiger partial charge in [-0.25, -0.2) is 4.79 Å². The van der Waals surface area contributed by atoms with E-state index in [1.807, 2.05) is 6.92 Å². The Morgan fingerprint density at radius 1 is 1.39 bits per heavy atom. The summed E-state index contributed by atoms with van der Waals surface area (Å²) in [4.78, 5) is 29.2. The fourth-order valence-electron chi connectivity index (χ4n) is 2.26. The molecule has 0 radical (unpaired) electrons. The zero-order valence-electron chi connectivity index (χ0n) is 12.5. The van der Waals surface area contributed by atoms with Crippen LogP contribution in [0.15, 0.2) is 18.3 Å². The van der Waals surface area contributed by atoms with E-state index in [1.54, 1.807) is 22.3 Å². The normalized spacial score (nSPS) is 17.9. The summed E-state index contributed by atoms with van der Waals surface area (Å²) in [6.45, 7) is 1.11. The summed E-state index contributed by atoms with van der Waals surface area (Å²) >= 11 is 0. The van der Waals surface area contributed by atoms with Gasteiger partial charge in [-0.1, -0.05) is 0 Å². The summed E-state index contributed by atoms with van der Waals surface area (Å²) < 4.78 is 36.0. The molecule has 0 aromatic carbocycles. The monoisotopic (exact) mass is 330 g/mol. The molecule has 1 aromatic heterocycles. The second-order valence-electron chi connectivity index (χ2n) is 5.37. The molecule has 0 saturated carbocycles. The van der Waals surface area contributed by atoms with Crippen LogP contribution in [0.3, 0.4) is 0 Å². The quantitative estimate of drug-likeness (QED) is 0.881. The van der Waals surface area contributed by atoms with Crippen molar-refractivity contribution in [2.24, 2.45) is 0 Å². The lowest BCUT2D eigenvalue weighted by Crippen LogP contribution is -2.46. The summed E-state index contributed by atoms with van der Waals surface area (Å²) in [5, 5.41) is 4.18. The van der Waals surface area contributed by atoms with Crippen molar-refractivity contribution in [1.29, 1.82) is 0 Å². The molecule has 2 N–H and O–H groups in total. The van der Waals surface area contributed by atoms with Crippen LogP contribution < -0.4 is 10.6 Å². The van der Waals surface area contributed by atoms with Crippen LogP contribution in [0.1, 0.15) is 22.5 Å². The van der Waals surface area contributed by atoms with Crippen molar-refractivity contribution in [3.63, 3.8) is 0 Å². The average molecular weight is 330 g/mol. The third-order valence-corrected chi connectivity index (χ3v) is 3.42. The van der Waals surface area contributed by atoms with E-state index in [0.717, 1.165) is 5.69 Å². The summed E-state index contributed by atoms with van der Waals surface area (Å²) in [7, 11) is 0. The van der Waals surface area contributed by atoms with Crippen LogP contribution in [0, 0.1) is 6.92 Å². The first-order valence-corrected chi connectivity index (χ1v) is 7.07. The smallest absolute Gasteiger partial charge is 0.336 e. The van der Waals surface area contributed by atoms with Gasteiger partial charge in [-0.05, 0) is 25.5 Å². The minimum Gasteiger partial charge on any atom is -0.336 e. The van der Waals surface area contributed by atoms with Gasteiger partial charge in [0.25, 0.3) is 5.91 Å². The van der Waals surface area contributed by atoms with Crippen LogP contribution in [0.2, 0.25) is 0 Å². The van der Waals surface area contributed by atoms with Crippen LogP contribution in [0.5, 0.6) is 0 Å². The van der Waals surface area contributed by atoms with Crippen LogP contribution in [-0.2, 0) is 0 Å². The lowest BCUT2D eigenvalue weighted by Gasteiger charge is -2.17. The van der Waals surface area contributed by atoms with Crippen molar-refractivity contribution >= 4 is 11.9 Å². The zero-order valence-corrected chi connectivity index (χ0v) is 12.5. The van der Waals surface area contributed by atoms with Gasteiger partial charge in [0.05, 0.1) is 5.56 Å². The number of aromatic nitrogens is 1. The Bertz CT molecular complexity index is 574. The SMILES string of the molecule is Cc1ccc(C(=O)N2CCC(NC(=O)NCC(F)(F)F)C2)cn1. The molecule has 23 heavy (non-hydrogen) atoms. The molecular weight excluding hydrogens is 313 g/mol. The van der Waals surface area contributed by atoms with E-state index in [1.165, 1.54) is 6.20 Å². The second-order valence-corrected chi connectivity index (χ2v) is 5.37. The van der Waals surface area contributed by atoms with Crippen molar-refractivity contribution in [3.8, 4) is 0 Å². The van der Waals surface area contributed by atoms with Crippen molar-refractivity contribution in [3.05, 3.63) is 29.6 Å². The highest BCUT2D eigenvalue weighted by atomic mass is 19.4. The number of nitrogens with zero attached hydrogens (tertiary/aromatic N) is 2. The first-order chi connectivity index (χ1) is 10.7. The highest BCUT2D eigenvalue weighted by Crippen LogP contribution is 2.14. The average Bonchev–Trinajstić information content (AvgIpc) is 2.93. The third-order valence-electron chi connectivity index (χ3n) is 3.42. The molecule has 126 valence electrons. The highest BCUT2D eigenvalue weighted by molar-refractivity contribution is 5.94. The molecule has 3 amide bonds. The maximum atomic E-state index is 12.3. The molecule has 9 heteroatoms. The van der Waals surface area contributed by atoms with Gasteiger partial charge in [-0.3, -0.25) is 9.78 Å². The van der Waals surface area contributed by atoms with Crippen LogP contribution >= 0.6 is 0 Å². The van der Waals surface area contributed by atoms with Gasteiger partial charge in [-0.15, -0.1) is 0 Å². The lowest BCUT2D eigenvalue weighted by molar-refractivity contribution is -0.122. The number of urea groups is 1. The number of carbonyl (C=O) groups excluding carboxylic acids is 2. The van der Waals surface area contributed by atoms with Gasteiger partial charge in [0, 0.05) is 31.0 Å². The minimum atomic E-state index is -4.45. The molecule has 1 aliphatic rings. The molecular formula is C14H17F3N4O2. The number of nitrogens with one attached hydrogen (secondary N) is 2. The largest absolute Gasteiger partial charge is 0.405 e. The van der Waals surface area contributed by atoms with E-state index in [9.17, 15) is 22.8 Å². The van der Waals surface area contributed by atoms with Gasteiger partial charge in [0.15, 0.2) is 0 Å². The molecule has 0 bridgehead atoms. The number of aryl methyl sites for hydroxylation is 1. The number of hydrogen-bond donors (Lipinski definition) is 2. The van der Waals surface area contributed by atoms with Gasteiger partial charge in [-0.2, -0.15) is 13.2 Å². The van der Waals surface area contributed by atoms with Crippen molar-refractivity contribution in [2.45, 2.75) is 25.6 Å². The van der Waals surface area contributed by atoms with Crippen molar-refractivity contribution in [2.75, 3.05) is 19.6 Å². The first-order valence-electron chi connectivity index (χ1n) is 7.07. The Kier molecular flexibility index (Phi) is 5.07. The summed E-state index contributed by atoms with van der Waals surface area (Å²) in [6, 6.07) is 2.13. The second kappa shape index (κ2) is 6.84. The number of likely N-dealkylation sites (tertiary alicyclic amines) is 1. The highest BCUT2D eigenvalue weighted by Gasteiger charge is 2.30. The van der Waals surface area contributed by atoms with Crippen molar-refractivity contribution < 1.29 is 22.8 Å². The van der Waals surface area contributed by atoms with Crippen LogP contribution in [0.4, 0.5) is 18.0 Å². The fourth-order valence-corrected chi connectivity index (χ4v) is 2.26. The molecule has 0 spiro atoms. The number of pyridine rings is 1.